The fourth-order valence-corrected chi connectivity index (χ4v) is 2.11. The van der Waals surface area contributed by atoms with E-state index in [1.807, 2.05) is 25.1 Å². The molecule has 1 amide bonds. The van der Waals surface area contributed by atoms with Crippen molar-refractivity contribution in [1.82, 2.24) is 4.98 Å². The molecule has 0 spiro atoms. The SMILES string of the molecule is CC(=O)O[C@@H](CC(N)=O)[C@H](C)CCCc1ccccn1. The summed E-state index contributed by atoms with van der Waals surface area (Å²) in [4.78, 5) is 26.3. The molecule has 1 rings (SSSR count). The van der Waals surface area contributed by atoms with Crippen LogP contribution in [0.4, 0.5) is 0 Å². The first kappa shape index (κ1) is 16.1. The molecule has 5 nitrogen and oxygen atoms in total. The van der Waals surface area contributed by atoms with Gasteiger partial charge >= 0.3 is 5.97 Å². The molecule has 1 aromatic rings. The summed E-state index contributed by atoms with van der Waals surface area (Å²) in [5.74, 6) is -0.740. The van der Waals surface area contributed by atoms with Crippen molar-refractivity contribution in [2.75, 3.05) is 0 Å². The Morgan fingerprint density at radius 3 is 2.70 bits per heavy atom. The number of carbonyl (C=O) groups is 2. The van der Waals surface area contributed by atoms with Gasteiger partial charge in [-0.2, -0.15) is 0 Å². The number of pyridine rings is 1. The van der Waals surface area contributed by atoms with Crippen LogP contribution in [0.3, 0.4) is 0 Å². The van der Waals surface area contributed by atoms with Crippen molar-refractivity contribution in [3.63, 3.8) is 0 Å². The fraction of sp³-hybridized carbons (Fsp3) is 0.533. The van der Waals surface area contributed by atoms with Crippen molar-refractivity contribution >= 4 is 11.9 Å². The van der Waals surface area contributed by atoms with Gasteiger partial charge in [0.1, 0.15) is 6.10 Å². The Morgan fingerprint density at radius 2 is 2.15 bits per heavy atom. The van der Waals surface area contributed by atoms with E-state index in [9.17, 15) is 9.59 Å². The molecule has 0 radical (unpaired) electrons. The lowest BCUT2D eigenvalue weighted by atomic mass is 9.95. The van der Waals surface area contributed by atoms with Gasteiger partial charge in [-0.15, -0.1) is 0 Å². The van der Waals surface area contributed by atoms with Crippen LogP contribution in [0.25, 0.3) is 0 Å². The largest absolute Gasteiger partial charge is 0.462 e. The highest BCUT2D eigenvalue weighted by Gasteiger charge is 2.22. The Hall–Kier alpha value is -1.91. The normalized spacial score (nSPS) is 13.5. The van der Waals surface area contributed by atoms with Gasteiger partial charge in [0, 0.05) is 18.8 Å². The van der Waals surface area contributed by atoms with E-state index in [1.165, 1.54) is 6.92 Å². The Kier molecular flexibility index (Phi) is 6.70. The van der Waals surface area contributed by atoms with Crippen LogP contribution in [-0.2, 0) is 20.7 Å². The number of hydrogen-bond acceptors (Lipinski definition) is 4. The minimum absolute atomic E-state index is 0.0737. The molecule has 2 N–H and O–H groups in total. The summed E-state index contributed by atoms with van der Waals surface area (Å²) in [6, 6.07) is 5.83. The topological polar surface area (TPSA) is 82.3 Å². The molecule has 20 heavy (non-hydrogen) atoms. The van der Waals surface area contributed by atoms with Crippen LogP contribution in [0.15, 0.2) is 24.4 Å². The van der Waals surface area contributed by atoms with Gasteiger partial charge in [-0.25, -0.2) is 0 Å². The Morgan fingerprint density at radius 1 is 1.40 bits per heavy atom. The van der Waals surface area contributed by atoms with Gasteiger partial charge in [-0.05, 0) is 37.3 Å². The molecule has 0 fully saturated rings. The maximum atomic E-state index is 11.1. The van der Waals surface area contributed by atoms with Gasteiger partial charge in [0.25, 0.3) is 0 Å². The van der Waals surface area contributed by atoms with E-state index in [1.54, 1.807) is 6.20 Å². The Labute approximate surface area is 119 Å². The molecule has 0 aliphatic rings. The van der Waals surface area contributed by atoms with E-state index in [0.29, 0.717) is 0 Å². The minimum atomic E-state index is -0.451. The molecule has 0 saturated heterocycles. The Bertz CT molecular complexity index is 418. The number of carbonyl (C=O) groups excluding carboxylic acids is 2. The van der Waals surface area contributed by atoms with Gasteiger partial charge in [0.05, 0.1) is 6.42 Å². The number of nitrogens with zero attached hydrogens (tertiary/aromatic N) is 1. The third-order valence-electron chi connectivity index (χ3n) is 3.17. The quantitative estimate of drug-likeness (QED) is 0.736. The number of aryl methyl sites for hydroxylation is 1. The lowest BCUT2D eigenvalue weighted by Gasteiger charge is -2.22. The molecule has 0 aromatic carbocycles. The number of ether oxygens (including phenoxy) is 1. The van der Waals surface area contributed by atoms with Crippen molar-refractivity contribution < 1.29 is 14.3 Å². The Balaban J connectivity index is 2.42. The summed E-state index contributed by atoms with van der Waals surface area (Å²) in [6.45, 7) is 3.31. The van der Waals surface area contributed by atoms with E-state index in [0.717, 1.165) is 25.0 Å². The molecule has 0 bridgehead atoms. The van der Waals surface area contributed by atoms with Gasteiger partial charge in [-0.3, -0.25) is 14.6 Å². The van der Waals surface area contributed by atoms with Crippen molar-refractivity contribution in [2.45, 2.75) is 45.6 Å². The second-order valence-electron chi connectivity index (χ2n) is 5.01. The summed E-state index contributed by atoms with van der Waals surface area (Å²) >= 11 is 0. The maximum absolute atomic E-state index is 11.1. The van der Waals surface area contributed by atoms with Gasteiger partial charge in [0.15, 0.2) is 0 Å². The molecule has 0 saturated carbocycles. The monoisotopic (exact) mass is 278 g/mol. The van der Waals surface area contributed by atoms with Crippen molar-refractivity contribution in [1.29, 1.82) is 0 Å². The lowest BCUT2D eigenvalue weighted by molar-refractivity contribution is -0.150. The molecule has 0 aliphatic heterocycles. The van der Waals surface area contributed by atoms with Gasteiger partial charge in [0.2, 0.25) is 5.91 Å². The molecule has 110 valence electrons. The highest BCUT2D eigenvalue weighted by atomic mass is 16.5. The second-order valence-corrected chi connectivity index (χ2v) is 5.01. The summed E-state index contributed by atoms with van der Waals surface area (Å²) in [5, 5.41) is 0. The molecule has 1 aromatic heterocycles. The highest BCUT2D eigenvalue weighted by Crippen LogP contribution is 2.18. The first-order valence-electron chi connectivity index (χ1n) is 6.84. The molecule has 0 aliphatic carbocycles. The molecular weight excluding hydrogens is 256 g/mol. The van der Waals surface area contributed by atoms with Crippen molar-refractivity contribution in [3.8, 4) is 0 Å². The number of nitrogens with two attached hydrogens (primary N) is 1. The number of hydrogen-bond donors (Lipinski definition) is 1. The molecule has 2 atom stereocenters. The van der Waals surface area contributed by atoms with Crippen LogP contribution in [-0.4, -0.2) is 23.0 Å². The minimum Gasteiger partial charge on any atom is -0.462 e. The lowest BCUT2D eigenvalue weighted by Crippen LogP contribution is -2.30. The average Bonchev–Trinajstić information content (AvgIpc) is 2.38. The molecular formula is C15H22N2O3. The van der Waals surface area contributed by atoms with Crippen LogP contribution >= 0.6 is 0 Å². The summed E-state index contributed by atoms with van der Waals surface area (Å²) in [5.41, 5.74) is 6.23. The van der Waals surface area contributed by atoms with Gasteiger partial charge < -0.3 is 10.5 Å². The van der Waals surface area contributed by atoms with E-state index in [2.05, 4.69) is 4.98 Å². The standard InChI is InChI=1S/C15H22N2O3/c1-11(14(10-15(16)19)20-12(2)18)6-5-8-13-7-3-4-9-17-13/h3-4,7,9,11,14H,5-6,8,10H2,1-2H3,(H2,16,19)/t11-,14+/m1/s1. The van der Waals surface area contributed by atoms with Crippen LogP contribution in [0.5, 0.6) is 0 Å². The summed E-state index contributed by atoms with van der Waals surface area (Å²) in [7, 11) is 0. The molecule has 5 heteroatoms. The number of primary amides is 1. The van der Waals surface area contributed by atoms with Crippen LogP contribution in [0.1, 0.15) is 38.8 Å². The maximum Gasteiger partial charge on any atom is 0.302 e. The van der Waals surface area contributed by atoms with Crippen LogP contribution in [0.2, 0.25) is 0 Å². The van der Waals surface area contributed by atoms with E-state index in [4.69, 9.17) is 10.5 Å². The summed E-state index contributed by atoms with van der Waals surface area (Å²) in [6.07, 6.45) is 4.05. The number of rotatable bonds is 8. The predicted octanol–water partition coefficient (Wildman–Crippen LogP) is 1.85. The zero-order valence-corrected chi connectivity index (χ0v) is 12.0. The molecule has 1 heterocycles. The first-order chi connectivity index (χ1) is 9.49. The van der Waals surface area contributed by atoms with Crippen molar-refractivity contribution in [3.05, 3.63) is 30.1 Å². The van der Waals surface area contributed by atoms with Gasteiger partial charge in [-0.1, -0.05) is 13.0 Å². The molecule has 0 unspecified atom stereocenters. The fourth-order valence-electron chi connectivity index (χ4n) is 2.11. The zero-order valence-electron chi connectivity index (χ0n) is 12.0. The number of amides is 1. The smallest absolute Gasteiger partial charge is 0.302 e. The van der Waals surface area contributed by atoms with Crippen LogP contribution in [0, 0.1) is 5.92 Å². The second kappa shape index (κ2) is 8.30. The first-order valence-corrected chi connectivity index (χ1v) is 6.84. The van der Waals surface area contributed by atoms with E-state index >= 15 is 0 Å². The predicted molar refractivity (Wildman–Crippen MR) is 75.7 cm³/mol. The number of esters is 1. The third-order valence-corrected chi connectivity index (χ3v) is 3.17. The zero-order chi connectivity index (χ0) is 15.0. The van der Waals surface area contributed by atoms with Crippen molar-refractivity contribution in [2.24, 2.45) is 11.7 Å². The number of aromatic nitrogens is 1. The average molecular weight is 278 g/mol. The van der Waals surface area contributed by atoms with E-state index in [-0.39, 0.29) is 18.3 Å². The summed E-state index contributed by atoms with van der Waals surface area (Å²) < 4.78 is 5.17. The van der Waals surface area contributed by atoms with Crippen LogP contribution < -0.4 is 5.73 Å². The third kappa shape index (κ3) is 6.31. The van der Waals surface area contributed by atoms with E-state index < -0.39 is 12.0 Å². The highest BCUT2D eigenvalue weighted by molar-refractivity contribution is 5.75.